The van der Waals surface area contributed by atoms with E-state index in [1.807, 2.05) is 0 Å². The Labute approximate surface area is 188 Å². The summed E-state index contributed by atoms with van der Waals surface area (Å²) >= 11 is 0. The van der Waals surface area contributed by atoms with Crippen molar-refractivity contribution in [3.05, 3.63) is 60.7 Å². The second-order valence-corrected chi connectivity index (χ2v) is 9.10. The number of sulfonamides is 1. The van der Waals surface area contributed by atoms with Crippen molar-refractivity contribution in [2.24, 2.45) is 0 Å². The molecule has 8 nitrogen and oxygen atoms in total. The maximum atomic E-state index is 12.9. The van der Waals surface area contributed by atoms with Crippen LogP contribution in [-0.4, -0.2) is 58.7 Å². The first kappa shape index (κ1) is 23.8. The number of nitrogens with zero attached hydrogens (tertiary/aromatic N) is 1. The third-order valence-electron chi connectivity index (χ3n) is 4.99. The molecule has 0 aliphatic carbocycles. The summed E-state index contributed by atoms with van der Waals surface area (Å²) in [6, 6.07) is 11.8. The lowest BCUT2D eigenvalue weighted by Gasteiger charge is -2.26. The predicted octanol–water partition coefficient (Wildman–Crippen LogP) is 2.85. The van der Waals surface area contributed by atoms with Gasteiger partial charge >= 0.3 is 0 Å². The molecule has 1 N–H and O–H groups in total. The van der Waals surface area contributed by atoms with Crippen molar-refractivity contribution in [2.75, 3.05) is 45.3 Å². The Morgan fingerprint density at radius 3 is 2.56 bits per heavy atom. The lowest BCUT2D eigenvalue weighted by atomic mass is 10.1. The van der Waals surface area contributed by atoms with E-state index >= 15 is 0 Å². The maximum absolute atomic E-state index is 12.9. The number of anilines is 1. The zero-order valence-electron chi connectivity index (χ0n) is 18.1. The molecule has 2 aromatic rings. The molecule has 0 spiro atoms. The van der Waals surface area contributed by atoms with Crippen LogP contribution in [0.3, 0.4) is 0 Å². The molecular weight excluding hydrogens is 432 g/mol. The molecule has 2 aromatic carbocycles. The number of ether oxygens (including phenoxy) is 3. The van der Waals surface area contributed by atoms with Gasteiger partial charge in [0.05, 0.1) is 25.2 Å². The number of aryl methyl sites for hydroxylation is 1. The van der Waals surface area contributed by atoms with Crippen molar-refractivity contribution in [2.45, 2.75) is 17.7 Å². The summed E-state index contributed by atoms with van der Waals surface area (Å²) in [6.45, 7) is 5.42. The van der Waals surface area contributed by atoms with Crippen LogP contribution in [0.25, 0.3) is 0 Å². The highest BCUT2D eigenvalue weighted by Gasteiger charge is 2.27. The highest BCUT2D eigenvalue weighted by molar-refractivity contribution is 7.89. The number of amides is 1. The molecule has 172 valence electrons. The standard InChI is InChI=1S/C23H28N2O6S/c1-3-14-31-20-7-5-19(6-8-20)24-23(26)11-4-18-17-21(9-10-22(18)29-2)32(27,28)25-12-15-30-16-13-25/h3,5-10,17H,1,4,11-16H2,2H3,(H,24,26). The lowest BCUT2D eigenvalue weighted by molar-refractivity contribution is -0.116. The molecule has 0 aromatic heterocycles. The number of hydrogen-bond acceptors (Lipinski definition) is 6. The second-order valence-electron chi connectivity index (χ2n) is 7.16. The molecular formula is C23H28N2O6S. The van der Waals surface area contributed by atoms with Gasteiger partial charge in [-0.25, -0.2) is 8.42 Å². The van der Waals surface area contributed by atoms with Crippen LogP contribution in [0, 0.1) is 0 Å². The molecule has 1 aliphatic rings. The fourth-order valence-corrected chi connectivity index (χ4v) is 4.77. The summed E-state index contributed by atoms with van der Waals surface area (Å²) < 4.78 is 43.4. The number of carbonyl (C=O) groups excluding carboxylic acids is 1. The van der Waals surface area contributed by atoms with E-state index in [2.05, 4.69) is 11.9 Å². The van der Waals surface area contributed by atoms with Crippen LogP contribution in [0.4, 0.5) is 5.69 Å². The van der Waals surface area contributed by atoms with Crippen molar-refractivity contribution in [1.29, 1.82) is 0 Å². The summed E-state index contributed by atoms with van der Waals surface area (Å²) in [5.74, 6) is 1.04. The molecule has 1 amide bonds. The summed E-state index contributed by atoms with van der Waals surface area (Å²) in [5.41, 5.74) is 1.31. The first-order chi connectivity index (χ1) is 15.4. The van der Waals surface area contributed by atoms with E-state index in [-0.39, 0.29) is 17.2 Å². The van der Waals surface area contributed by atoms with Gasteiger partial charge in [0.15, 0.2) is 0 Å². The number of carbonyl (C=O) groups is 1. The molecule has 0 radical (unpaired) electrons. The largest absolute Gasteiger partial charge is 0.496 e. The van der Waals surface area contributed by atoms with Gasteiger partial charge < -0.3 is 19.5 Å². The van der Waals surface area contributed by atoms with Crippen LogP contribution in [0.5, 0.6) is 11.5 Å². The molecule has 1 saturated heterocycles. The SMILES string of the molecule is C=CCOc1ccc(NC(=O)CCc2cc(S(=O)(=O)N3CCOCC3)ccc2OC)cc1. The number of hydrogen-bond donors (Lipinski definition) is 1. The van der Waals surface area contributed by atoms with Crippen LogP contribution in [-0.2, 0) is 26.0 Å². The van der Waals surface area contributed by atoms with Crippen LogP contribution >= 0.6 is 0 Å². The van der Waals surface area contributed by atoms with Crippen molar-refractivity contribution in [3.8, 4) is 11.5 Å². The van der Waals surface area contributed by atoms with Gasteiger partial charge in [-0.2, -0.15) is 4.31 Å². The quantitative estimate of drug-likeness (QED) is 0.548. The monoisotopic (exact) mass is 460 g/mol. The number of methoxy groups -OCH3 is 1. The molecule has 9 heteroatoms. The Kier molecular flexibility index (Phi) is 8.26. The average Bonchev–Trinajstić information content (AvgIpc) is 2.82. The minimum absolute atomic E-state index is 0.173. The Hall–Kier alpha value is -2.88. The van der Waals surface area contributed by atoms with Crippen LogP contribution in [0.1, 0.15) is 12.0 Å². The van der Waals surface area contributed by atoms with Gasteiger partial charge in [-0.3, -0.25) is 4.79 Å². The fourth-order valence-electron chi connectivity index (χ4n) is 3.31. The fraction of sp³-hybridized carbons (Fsp3) is 0.348. The topological polar surface area (TPSA) is 94.2 Å². The van der Waals surface area contributed by atoms with E-state index in [9.17, 15) is 13.2 Å². The molecule has 3 rings (SSSR count). The minimum Gasteiger partial charge on any atom is -0.496 e. The Bertz CT molecular complexity index is 1030. The van der Waals surface area contributed by atoms with Crippen molar-refractivity contribution in [1.82, 2.24) is 4.31 Å². The molecule has 0 atom stereocenters. The van der Waals surface area contributed by atoms with E-state index < -0.39 is 10.0 Å². The molecule has 0 bridgehead atoms. The second kappa shape index (κ2) is 11.1. The van der Waals surface area contributed by atoms with Crippen LogP contribution in [0.15, 0.2) is 60.0 Å². The molecule has 1 heterocycles. The number of rotatable bonds is 10. The Balaban J connectivity index is 1.65. The number of morpholine rings is 1. The summed E-state index contributed by atoms with van der Waals surface area (Å²) in [5, 5.41) is 2.83. The van der Waals surface area contributed by atoms with Crippen LogP contribution < -0.4 is 14.8 Å². The third-order valence-corrected chi connectivity index (χ3v) is 6.88. The summed E-state index contributed by atoms with van der Waals surface area (Å²) in [4.78, 5) is 12.6. The third kappa shape index (κ3) is 6.09. The van der Waals surface area contributed by atoms with Crippen molar-refractivity contribution >= 4 is 21.6 Å². The first-order valence-corrected chi connectivity index (χ1v) is 11.8. The van der Waals surface area contributed by atoms with E-state index in [1.54, 1.807) is 42.5 Å². The van der Waals surface area contributed by atoms with E-state index in [1.165, 1.54) is 17.5 Å². The molecule has 1 aliphatic heterocycles. The van der Waals surface area contributed by atoms with Gasteiger partial charge in [-0.1, -0.05) is 12.7 Å². The predicted molar refractivity (Wildman–Crippen MR) is 122 cm³/mol. The maximum Gasteiger partial charge on any atom is 0.243 e. The zero-order chi connectivity index (χ0) is 23.0. The molecule has 32 heavy (non-hydrogen) atoms. The lowest BCUT2D eigenvalue weighted by Crippen LogP contribution is -2.40. The van der Waals surface area contributed by atoms with Gasteiger partial charge in [0.2, 0.25) is 15.9 Å². The highest BCUT2D eigenvalue weighted by Crippen LogP contribution is 2.26. The van der Waals surface area contributed by atoms with Gasteiger partial charge in [-0.15, -0.1) is 0 Å². The van der Waals surface area contributed by atoms with Crippen molar-refractivity contribution in [3.63, 3.8) is 0 Å². The van der Waals surface area contributed by atoms with E-state index in [4.69, 9.17) is 14.2 Å². The number of benzene rings is 2. The minimum atomic E-state index is -3.63. The molecule has 0 unspecified atom stereocenters. The Morgan fingerprint density at radius 1 is 1.19 bits per heavy atom. The van der Waals surface area contributed by atoms with Crippen LogP contribution in [0.2, 0.25) is 0 Å². The smallest absolute Gasteiger partial charge is 0.243 e. The first-order valence-electron chi connectivity index (χ1n) is 10.3. The average molecular weight is 461 g/mol. The summed E-state index contributed by atoms with van der Waals surface area (Å²) in [7, 11) is -2.11. The van der Waals surface area contributed by atoms with Gasteiger partial charge in [0.1, 0.15) is 18.1 Å². The van der Waals surface area contributed by atoms with Crippen molar-refractivity contribution < 1.29 is 27.4 Å². The summed E-state index contributed by atoms with van der Waals surface area (Å²) in [6.07, 6.45) is 2.17. The highest BCUT2D eigenvalue weighted by atomic mass is 32.2. The normalized spacial score (nSPS) is 14.5. The van der Waals surface area contributed by atoms with Gasteiger partial charge in [0, 0.05) is 25.2 Å². The zero-order valence-corrected chi connectivity index (χ0v) is 18.9. The van der Waals surface area contributed by atoms with Gasteiger partial charge in [0.25, 0.3) is 0 Å². The Morgan fingerprint density at radius 2 is 1.91 bits per heavy atom. The van der Waals surface area contributed by atoms with E-state index in [0.29, 0.717) is 62.1 Å². The molecule has 1 fully saturated rings. The van der Waals surface area contributed by atoms with Gasteiger partial charge in [-0.05, 0) is 54.4 Å². The van der Waals surface area contributed by atoms with E-state index in [0.717, 1.165) is 0 Å². The number of nitrogens with one attached hydrogen (secondary N) is 1. The molecule has 0 saturated carbocycles.